The van der Waals surface area contributed by atoms with Gasteiger partial charge in [0.15, 0.2) is 0 Å². The van der Waals surface area contributed by atoms with Crippen LogP contribution in [0.25, 0.3) is 0 Å². The zero-order chi connectivity index (χ0) is 12.6. The average molecular weight is 257 g/mol. The van der Waals surface area contributed by atoms with E-state index in [-0.39, 0.29) is 4.75 Å². The number of hydrogen-bond donors (Lipinski definition) is 0. The molecule has 1 unspecified atom stereocenters. The Kier molecular flexibility index (Phi) is 3.27. The van der Waals surface area contributed by atoms with Gasteiger partial charge in [-0.15, -0.1) is 0 Å². The van der Waals surface area contributed by atoms with Crippen LogP contribution in [0.2, 0.25) is 0 Å². The SMILES string of the molecule is CC(C)(C)[S+]([O-])/N=C\c1ncn2c1C[C@@H](F)C2. The molecule has 0 saturated carbocycles. The fourth-order valence-electron chi connectivity index (χ4n) is 1.65. The third-order valence-corrected chi connectivity index (χ3v) is 3.93. The van der Waals surface area contributed by atoms with Gasteiger partial charge in [-0.3, -0.25) is 0 Å². The van der Waals surface area contributed by atoms with Crippen LogP contribution >= 0.6 is 0 Å². The quantitative estimate of drug-likeness (QED) is 0.597. The lowest BCUT2D eigenvalue weighted by Crippen LogP contribution is -2.25. The zero-order valence-corrected chi connectivity index (χ0v) is 11.0. The Morgan fingerprint density at radius 3 is 3.00 bits per heavy atom. The van der Waals surface area contributed by atoms with Gasteiger partial charge in [0.1, 0.15) is 34.2 Å². The number of hydrogen-bond acceptors (Lipinski definition) is 3. The number of alkyl halides is 1. The number of halogens is 1. The van der Waals surface area contributed by atoms with Crippen molar-refractivity contribution in [2.75, 3.05) is 0 Å². The van der Waals surface area contributed by atoms with Crippen LogP contribution in [0.4, 0.5) is 4.39 Å². The van der Waals surface area contributed by atoms with Crippen molar-refractivity contribution in [2.45, 2.75) is 44.7 Å². The highest BCUT2D eigenvalue weighted by Gasteiger charge is 2.27. The third kappa shape index (κ3) is 2.69. The molecule has 0 amide bonds. The summed E-state index contributed by atoms with van der Waals surface area (Å²) in [4.78, 5) is 4.14. The van der Waals surface area contributed by atoms with Gasteiger partial charge in [-0.1, -0.05) is 4.40 Å². The Morgan fingerprint density at radius 2 is 2.35 bits per heavy atom. The van der Waals surface area contributed by atoms with E-state index in [0.717, 1.165) is 5.69 Å². The molecule has 1 aromatic heterocycles. The monoisotopic (exact) mass is 257 g/mol. The van der Waals surface area contributed by atoms with Crippen LogP contribution in [0.15, 0.2) is 10.7 Å². The van der Waals surface area contributed by atoms with Crippen molar-refractivity contribution >= 4 is 17.6 Å². The maximum atomic E-state index is 13.2. The first-order valence-electron chi connectivity index (χ1n) is 5.52. The maximum absolute atomic E-state index is 13.2. The molecule has 1 aliphatic rings. The molecule has 2 rings (SSSR count). The van der Waals surface area contributed by atoms with Crippen molar-refractivity contribution in [1.82, 2.24) is 9.55 Å². The van der Waals surface area contributed by atoms with Gasteiger partial charge in [-0.25, -0.2) is 9.37 Å². The summed E-state index contributed by atoms with van der Waals surface area (Å²) in [6.45, 7) is 5.93. The molecule has 0 bridgehead atoms. The van der Waals surface area contributed by atoms with Gasteiger partial charge in [-0.2, -0.15) is 0 Å². The molecule has 2 heterocycles. The van der Waals surface area contributed by atoms with Crippen molar-refractivity contribution in [2.24, 2.45) is 4.40 Å². The van der Waals surface area contributed by atoms with E-state index in [1.54, 1.807) is 10.9 Å². The largest absolute Gasteiger partial charge is 0.591 e. The molecule has 0 fully saturated rings. The van der Waals surface area contributed by atoms with Gasteiger partial charge in [0.2, 0.25) is 0 Å². The standard InChI is InChI=1S/C11H16FN3OS/c1-11(2,3)17(16)14-5-9-10-4-8(12)6-15(10)7-13-9/h5,7-8H,4,6H2,1-3H3/b14-5-/t8-,17?/m1/s1. The minimum atomic E-state index is -1.30. The predicted molar refractivity (Wildman–Crippen MR) is 66.3 cm³/mol. The van der Waals surface area contributed by atoms with Crippen molar-refractivity contribution < 1.29 is 8.94 Å². The molecule has 0 saturated heterocycles. The van der Waals surface area contributed by atoms with Gasteiger partial charge < -0.3 is 9.12 Å². The minimum absolute atomic E-state index is 0.360. The van der Waals surface area contributed by atoms with E-state index >= 15 is 0 Å². The highest BCUT2D eigenvalue weighted by Crippen LogP contribution is 2.21. The minimum Gasteiger partial charge on any atom is -0.591 e. The van der Waals surface area contributed by atoms with Crippen molar-refractivity contribution in [3.05, 3.63) is 17.7 Å². The topological polar surface area (TPSA) is 53.2 Å². The smallest absolute Gasteiger partial charge is 0.144 e. The Morgan fingerprint density at radius 1 is 1.65 bits per heavy atom. The summed E-state index contributed by atoms with van der Waals surface area (Å²) in [7, 11) is 0. The van der Waals surface area contributed by atoms with E-state index in [2.05, 4.69) is 9.38 Å². The van der Waals surface area contributed by atoms with Crippen LogP contribution in [0.5, 0.6) is 0 Å². The summed E-state index contributed by atoms with van der Waals surface area (Å²) in [6, 6.07) is 0. The van der Waals surface area contributed by atoms with Crippen LogP contribution in [-0.4, -0.2) is 31.2 Å². The summed E-state index contributed by atoms with van der Waals surface area (Å²) in [5.41, 5.74) is 1.47. The number of rotatable bonds is 2. The molecule has 1 aromatic rings. The Labute approximate surface area is 103 Å². The molecule has 0 N–H and O–H groups in total. The van der Waals surface area contributed by atoms with Gasteiger partial charge in [0, 0.05) is 12.1 Å². The molecular formula is C11H16FN3OS. The van der Waals surface area contributed by atoms with E-state index in [0.29, 0.717) is 18.7 Å². The molecule has 1 aliphatic heterocycles. The number of fused-ring (bicyclic) bond motifs is 1. The Hall–Kier alpha value is -0.880. The number of aromatic nitrogens is 2. The van der Waals surface area contributed by atoms with Crippen molar-refractivity contribution in [1.29, 1.82) is 0 Å². The molecular weight excluding hydrogens is 241 g/mol. The molecule has 0 aliphatic carbocycles. The van der Waals surface area contributed by atoms with E-state index in [9.17, 15) is 8.94 Å². The van der Waals surface area contributed by atoms with Gasteiger partial charge in [-0.05, 0) is 20.8 Å². The number of nitrogens with zero attached hydrogens (tertiary/aromatic N) is 3. The first-order valence-corrected chi connectivity index (χ1v) is 6.63. The lowest BCUT2D eigenvalue weighted by Gasteiger charge is -2.17. The second-order valence-electron chi connectivity index (χ2n) is 5.13. The van der Waals surface area contributed by atoms with Crippen LogP contribution in [0.1, 0.15) is 32.2 Å². The second-order valence-corrected chi connectivity index (χ2v) is 7.06. The van der Waals surface area contributed by atoms with E-state index in [1.807, 2.05) is 20.8 Å². The van der Waals surface area contributed by atoms with E-state index in [1.165, 1.54) is 6.21 Å². The molecule has 4 nitrogen and oxygen atoms in total. The highest BCUT2D eigenvalue weighted by molar-refractivity contribution is 7.91. The second kappa shape index (κ2) is 4.42. The fraction of sp³-hybridized carbons (Fsp3) is 0.636. The maximum Gasteiger partial charge on any atom is 0.144 e. The molecule has 2 atom stereocenters. The van der Waals surface area contributed by atoms with Gasteiger partial charge in [0.25, 0.3) is 0 Å². The fourth-order valence-corrected chi connectivity index (χ4v) is 2.17. The number of imidazole rings is 1. The molecule has 94 valence electrons. The Bertz CT molecular complexity index is 438. The lowest BCUT2D eigenvalue weighted by molar-refractivity contribution is 0.328. The highest BCUT2D eigenvalue weighted by atomic mass is 32.2. The van der Waals surface area contributed by atoms with Gasteiger partial charge >= 0.3 is 0 Å². The van der Waals surface area contributed by atoms with E-state index in [4.69, 9.17) is 0 Å². The summed E-state index contributed by atoms with van der Waals surface area (Å²) in [5.74, 6) is 0. The molecule has 0 radical (unpaired) electrons. The summed E-state index contributed by atoms with van der Waals surface area (Å²) >= 11 is -1.30. The van der Waals surface area contributed by atoms with Crippen LogP contribution in [-0.2, 0) is 24.3 Å². The molecule has 0 spiro atoms. The van der Waals surface area contributed by atoms with Crippen molar-refractivity contribution in [3.8, 4) is 0 Å². The lowest BCUT2D eigenvalue weighted by atomic mass is 10.2. The molecule has 0 aromatic carbocycles. The molecule has 6 heteroatoms. The molecule has 17 heavy (non-hydrogen) atoms. The zero-order valence-electron chi connectivity index (χ0n) is 10.2. The summed E-state index contributed by atoms with van der Waals surface area (Å²) in [6.07, 6.45) is 2.62. The summed E-state index contributed by atoms with van der Waals surface area (Å²) in [5, 5.41) is 0. The van der Waals surface area contributed by atoms with Gasteiger partial charge in [0.05, 0.1) is 12.9 Å². The first-order chi connectivity index (χ1) is 7.88. The van der Waals surface area contributed by atoms with Crippen LogP contribution < -0.4 is 0 Å². The predicted octanol–water partition coefficient (Wildman–Crippen LogP) is 1.66. The average Bonchev–Trinajstić information content (AvgIpc) is 2.72. The third-order valence-electron chi connectivity index (χ3n) is 2.58. The normalized spacial score (nSPS) is 22.1. The van der Waals surface area contributed by atoms with Crippen LogP contribution in [0, 0.1) is 0 Å². The van der Waals surface area contributed by atoms with Crippen LogP contribution in [0.3, 0.4) is 0 Å². The summed E-state index contributed by atoms with van der Waals surface area (Å²) < 4.78 is 30.3. The Balaban J connectivity index is 2.13. The first kappa shape index (κ1) is 12.6. The van der Waals surface area contributed by atoms with E-state index < -0.39 is 17.5 Å². The van der Waals surface area contributed by atoms with Crippen molar-refractivity contribution in [3.63, 3.8) is 0 Å².